The predicted molar refractivity (Wildman–Crippen MR) is 70.4 cm³/mol. The van der Waals surface area contributed by atoms with Crippen molar-refractivity contribution in [2.75, 3.05) is 5.73 Å². The van der Waals surface area contributed by atoms with Gasteiger partial charge in [0, 0.05) is 6.20 Å². The summed E-state index contributed by atoms with van der Waals surface area (Å²) in [6.45, 7) is 5.32. The van der Waals surface area contributed by atoms with Crippen LogP contribution in [0.4, 0.5) is 5.82 Å². The molecule has 0 saturated heterocycles. The highest BCUT2D eigenvalue weighted by Crippen LogP contribution is 2.53. The number of amides is 1. The number of anilines is 1. The second kappa shape index (κ2) is 4.34. The second-order valence-corrected chi connectivity index (χ2v) is 6.44. The van der Waals surface area contributed by atoms with Crippen LogP contribution < -0.4 is 10.5 Å². The summed E-state index contributed by atoms with van der Waals surface area (Å²) in [5.74, 6) is -0.668. The van der Waals surface area contributed by atoms with E-state index in [4.69, 9.17) is 5.73 Å². The molecule has 1 aliphatic rings. The van der Waals surface area contributed by atoms with Crippen LogP contribution in [0.3, 0.4) is 0 Å². The number of allylic oxidation sites excluding steroid dienone is 1. The molecule has 6 nitrogen and oxygen atoms in total. The number of hydrogen-bond donors (Lipinski definition) is 2. The molecule has 1 aromatic heterocycles. The van der Waals surface area contributed by atoms with Crippen LogP contribution in [0.2, 0.25) is 0 Å². The molecule has 3 N–H and O–H groups in total. The molecule has 1 fully saturated rings. The minimum Gasteiger partial charge on any atom is -0.383 e. The third-order valence-electron chi connectivity index (χ3n) is 3.42. The molecule has 1 amide bonds. The number of pyridine rings is 1. The number of aromatic nitrogens is 1. The van der Waals surface area contributed by atoms with Gasteiger partial charge in [-0.15, -0.1) is 6.58 Å². The molecule has 102 valence electrons. The predicted octanol–water partition coefficient (Wildman–Crippen LogP) is 0.681. The van der Waals surface area contributed by atoms with Gasteiger partial charge in [-0.2, -0.15) is 0 Å². The lowest BCUT2D eigenvalue weighted by Crippen LogP contribution is -2.36. The Morgan fingerprint density at radius 2 is 2.37 bits per heavy atom. The van der Waals surface area contributed by atoms with E-state index in [0.717, 1.165) is 0 Å². The maximum atomic E-state index is 12.1. The highest BCUT2D eigenvalue weighted by Gasteiger charge is 2.55. The van der Waals surface area contributed by atoms with Crippen molar-refractivity contribution < 1.29 is 13.2 Å². The first kappa shape index (κ1) is 13.5. The maximum absolute atomic E-state index is 12.1. The van der Waals surface area contributed by atoms with Crippen LogP contribution in [-0.2, 0) is 14.8 Å². The van der Waals surface area contributed by atoms with Crippen LogP contribution >= 0.6 is 0 Å². The zero-order valence-electron chi connectivity index (χ0n) is 10.5. The number of sulfonamides is 1. The highest BCUT2D eigenvalue weighted by molar-refractivity contribution is 7.90. The number of carbonyl (C=O) groups is 1. The Morgan fingerprint density at radius 3 is 2.89 bits per heavy atom. The van der Waals surface area contributed by atoms with Crippen molar-refractivity contribution in [2.24, 2.45) is 11.3 Å². The summed E-state index contributed by atoms with van der Waals surface area (Å²) in [4.78, 5) is 15.5. The van der Waals surface area contributed by atoms with Gasteiger partial charge in [-0.1, -0.05) is 13.0 Å². The number of rotatable bonds is 4. The van der Waals surface area contributed by atoms with Crippen molar-refractivity contribution in [1.82, 2.24) is 9.71 Å². The van der Waals surface area contributed by atoms with Crippen LogP contribution in [0, 0.1) is 11.3 Å². The molecule has 0 bridgehead atoms. The van der Waals surface area contributed by atoms with Crippen molar-refractivity contribution in [3.8, 4) is 0 Å². The van der Waals surface area contributed by atoms with Crippen molar-refractivity contribution >= 4 is 21.7 Å². The van der Waals surface area contributed by atoms with E-state index >= 15 is 0 Å². The van der Waals surface area contributed by atoms with Gasteiger partial charge in [0.25, 0.3) is 10.0 Å². The molecule has 7 heteroatoms. The minimum absolute atomic E-state index is 0.00828. The van der Waals surface area contributed by atoms with Crippen molar-refractivity contribution in [1.29, 1.82) is 0 Å². The molecule has 19 heavy (non-hydrogen) atoms. The smallest absolute Gasteiger partial charge is 0.267 e. The van der Waals surface area contributed by atoms with E-state index in [1.165, 1.54) is 18.3 Å². The Bertz CT molecular complexity index is 641. The van der Waals surface area contributed by atoms with Gasteiger partial charge >= 0.3 is 0 Å². The van der Waals surface area contributed by atoms with Crippen LogP contribution in [-0.4, -0.2) is 19.3 Å². The van der Waals surface area contributed by atoms with Gasteiger partial charge in [-0.3, -0.25) is 4.79 Å². The highest BCUT2D eigenvalue weighted by atomic mass is 32.2. The summed E-state index contributed by atoms with van der Waals surface area (Å²) in [6.07, 6.45) is 3.64. The molecule has 2 atom stereocenters. The number of hydrogen-bond acceptors (Lipinski definition) is 5. The van der Waals surface area contributed by atoms with Crippen molar-refractivity contribution in [3.63, 3.8) is 0 Å². The Labute approximate surface area is 111 Å². The Hall–Kier alpha value is -1.89. The number of nitrogens with two attached hydrogens (primary N) is 1. The molecule has 2 rings (SSSR count). The van der Waals surface area contributed by atoms with Crippen molar-refractivity contribution in [2.45, 2.75) is 18.2 Å². The van der Waals surface area contributed by atoms with Gasteiger partial charge in [0.05, 0.1) is 5.41 Å². The fourth-order valence-electron chi connectivity index (χ4n) is 1.93. The quantitative estimate of drug-likeness (QED) is 0.790. The summed E-state index contributed by atoms with van der Waals surface area (Å²) in [7, 11) is -3.99. The maximum Gasteiger partial charge on any atom is 0.267 e. The lowest BCUT2D eigenvalue weighted by molar-refractivity contribution is -0.124. The van der Waals surface area contributed by atoms with E-state index in [9.17, 15) is 13.2 Å². The molecule has 0 aromatic carbocycles. The Kier molecular flexibility index (Phi) is 3.09. The van der Waals surface area contributed by atoms with Gasteiger partial charge in [0.2, 0.25) is 5.91 Å². The molecule has 1 saturated carbocycles. The Morgan fingerprint density at radius 1 is 1.68 bits per heavy atom. The first-order chi connectivity index (χ1) is 8.81. The largest absolute Gasteiger partial charge is 0.383 e. The van der Waals surface area contributed by atoms with E-state index in [-0.39, 0.29) is 16.6 Å². The first-order valence-electron chi connectivity index (χ1n) is 5.71. The molecule has 0 aliphatic heterocycles. The molecule has 1 heterocycles. The van der Waals surface area contributed by atoms with Crippen LogP contribution in [0.15, 0.2) is 35.9 Å². The topological polar surface area (TPSA) is 102 Å². The van der Waals surface area contributed by atoms with E-state index in [0.29, 0.717) is 6.42 Å². The van der Waals surface area contributed by atoms with Crippen LogP contribution in [0.5, 0.6) is 0 Å². The summed E-state index contributed by atoms with van der Waals surface area (Å²) in [6, 6.07) is 2.75. The number of nitrogens with zero attached hydrogens (tertiary/aromatic N) is 1. The van der Waals surface area contributed by atoms with Crippen molar-refractivity contribution in [3.05, 3.63) is 31.0 Å². The third kappa shape index (κ3) is 2.33. The fraction of sp³-hybridized carbons (Fsp3) is 0.333. The fourth-order valence-corrected chi connectivity index (χ4v) is 3.10. The Balaban J connectivity index is 2.22. The average Bonchev–Trinajstić information content (AvgIpc) is 3.02. The van der Waals surface area contributed by atoms with E-state index < -0.39 is 21.3 Å². The standard InChI is InChI=1S/C12H15N3O3S/c1-3-8-7-12(8,2)11(16)15-19(17,18)9-5-4-6-14-10(9)13/h3-6,8H,1,7H2,2H3,(H2,13,14)(H,15,16)/t8-,12+/m1/s1. The summed E-state index contributed by atoms with van der Waals surface area (Å²) in [5.41, 5.74) is 4.80. The molecule has 0 radical (unpaired) electrons. The SMILES string of the molecule is C=C[C@@H]1C[C@]1(C)C(=O)NS(=O)(=O)c1cccnc1N. The van der Waals surface area contributed by atoms with Crippen LogP contribution in [0.1, 0.15) is 13.3 Å². The van der Waals surface area contributed by atoms with Crippen LogP contribution in [0.25, 0.3) is 0 Å². The summed E-state index contributed by atoms with van der Waals surface area (Å²) in [5, 5.41) is 0. The summed E-state index contributed by atoms with van der Waals surface area (Å²) < 4.78 is 26.2. The molecule has 1 aromatic rings. The number of carbonyl (C=O) groups excluding carboxylic acids is 1. The zero-order chi connectivity index (χ0) is 14.3. The lowest BCUT2D eigenvalue weighted by atomic mass is 10.1. The van der Waals surface area contributed by atoms with Gasteiger partial charge in [0.1, 0.15) is 10.7 Å². The molecule has 0 spiro atoms. The van der Waals surface area contributed by atoms with Gasteiger partial charge < -0.3 is 5.73 Å². The summed E-state index contributed by atoms with van der Waals surface area (Å²) >= 11 is 0. The molecule has 1 aliphatic carbocycles. The van der Waals surface area contributed by atoms with E-state index in [1.807, 2.05) is 4.72 Å². The average molecular weight is 281 g/mol. The number of nitrogens with one attached hydrogen (secondary N) is 1. The number of nitrogen functional groups attached to an aromatic ring is 1. The normalized spacial score (nSPS) is 25.6. The van der Waals surface area contributed by atoms with E-state index in [1.54, 1.807) is 13.0 Å². The minimum atomic E-state index is -3.99. The first-order valence-corrected chi connectivity index (χ1v) is 7.20. The molecule has 0 unspecified atom stereocenters. The third-order valence-corrected chi connectivity index (χ3v) is 4.80. The zero-order valence-corrected chi connectivity index (χ0v) is 11.3. The van der Waals surface area contributed by atoms with Gasteiger partial charge in [0.15, 0.2) is 0 Å². The molecular weight excluding hydrogens is 266 g/mol. The second-order valence-electron chi connectivity index (χ2n) is 4.79. The van der Waals surface area contributed by atoms with Gasteiger partial charge in [-0.25, -0.2) is 18.1 Å². The molecular formula is C12H15N3O3S. The van der Waals surface area contributed by atoms with Gasteiger partial charge in [-0.05, 0) is 24.5 Å². The van der Waals surface area contributed by atoms with E-state index in [2.05, 4.69) is 11.6 Å². The lowest BCUT2D eigenvalue weighted by Gasteiger charge is -2.12. The monoisotopic (exact) mass is 281 g/mol.